The number of hydrogen-bond donors (Lipinski definition) is 0. The summed E-state index contributed by atoms with van der Waals surface area (Å²) in [5, 5.41) is 0. The second-order valence-corrected chi connectivity index (χ2v) is 7.61. The smallest absolute Gasteiger partial charge is 0.326 e. The SMILES string of the molecule is CC(C)c1ccc(C(=O)COC(=O)CN2C(=O)CSc3ccccc32)cc1. The Hall–Kier alpha value is -2.60. The average molecular weight is 383 g/mol. The molecule has 0 bridgehead atoms. The van der Waals surface area contributed by atoms with Crippen LogP contribution in [0.1, 0.15) is 35.7 Å². The van der Waals surface area contributed by atoms with Crippen LogP contribution in [-0.4, -0.2) is 36.6 Å². The van der Waals surface area contributed by atoms with Gasteiger partial charge in [-0.2, -0.15) is 0 Å². The Morgan fingerprint density at radius 2 is 1.81 bits per heavy atom. The Labute approximate surface area is 162 Å². The molecule has 1 aliphatic heterocycles. The summed E-state index contributed by atoms with van der Waals surface area (Å²) in [6.45, 7) is 3.63. The first-order valence-electron chi connectivity index (χ1n) is 8.76. The lowest BCUT2D eigenvalue weighted by Gasteiger charge is -2.27. The van der Waals surface area contributed by atoms with Crippen molar-refractivity contribution in [3.8, 4) is 0 Å². The minimum atomic E-state index is -0.600. The molecule has 2 aromatic carbocycles. The number of hydrogen-bond acceptors (Lipinski definition) is 5. The number of esters is 1. The zero-order valence-corrected chi connectivity index (χ0v) is 16.1. The van der Waals surface area contributed by atoms with Crippen molar-refractivity contribution in [1.82, 2.24) is 0 Å². The summed E-state index contributed by atoms with van der Waals surface area (Å²) < 4.78 is 5.11. The maximum atomic E-state index is 12.2. The van der Waals surface area contributed by atoms with Crippen molar-refractivity contribution in [2.24, 2.45) is 0 Å². The Bertz CT molecular complexity index is 861. The van der Waals surface area contributed by atoms with Gasteiger partial charge in [0.25, 0.3) is 0 Å². The van der Waals surface area contributed by atoms with E-state index in [9.17, 15) is 14.4 Å². The van der Waals surface area contributed by atoms with Gasteiger partial charge in [-0.3, -0.25) is 19.3 Å². The van der Waals surface area contributed by atoms with Gasteiger partial charge in [-0.25, -0.2) is 0 Å². The van der Waals surface area contributed by atoms with E-state index in [4.69, 9.17) is 4.74 Å². The summed E-state index contributed by atoms with van der Waals surface area (Å²) in [5.74, 6) is -0.344. The van der Waals surface area contributed by atoms with E-state index in [-0.39, 0.29) is 30.6 Å². The number of nitrogens with zero attached hydrogens (tertiary/aromatic N) is 1. The largest absolute Gasteiger partial charge is 0.456 e. The van der Waals surface area contributed by atoms with E-state index in [0.717, 1.165) is 10.5 Å². The number of ketones is 1. The van der Waals surface area contributed by atoms with Crippen molar-refractivity contribution in [2.45, 2.75) is 24.7 Å². The lowest BCUT2D eigenvalue weighted by atomic mass is 10.0. The molecule has 0 fully saturated rings. The average Bonchev–Trinajstić information content (AvgIpc) is 2.68. The number of thioether (sulfide) groups is 1. The van der Waals surface area contributed by atoms with Crippen LogP contribution in [0.3, 0.4) is 0 Å². The predicted octanol–water partition coefficient (Wildman–Crippen LogP) is 3.67. The van der Waals surface area contributed by atoms with E-state index in [2.05, 4.69) is 13.8 Å². The maximum absolute atomic E-state index is 12.2. The van der Waals surface area contributed by atoms with E-state index in [1.165, 1.54) is 16.7 Å². The molecular weight excluding hydrogens is 362 g/mol. The van der Waals surface area contributed by atoms with Gasteiger partial charge in [0.05, 0.1) is 11.4 Å². The highest BCUT2D eigenvalue weighted by atomic mass is 32.2. The molecule has 2 aromatic rings. The molecule has 27 heavy (non-hydrogen) atoms. The first kappa shape index (κ1) is 19.2. The number of amides is 1. The van der Waals surface area contributed by atoms with E-state index < -0.39 is 5.97 Å². The highest BCUT2D eigenvalue weighted by Gasteiger charge is 2.27. The van der Waals surface area contributed by atoms with Gasteiger partial charge in [-0.1, -0.05) is 50.2 Å². The number of carbonyl (C=O) groups is 3. The first-order valence-corrected chi connectivity index (χ1v) is 9.75. The first-order chi connectivity index (χ1) is 13.0. The number of anilines is 1. The van der Waals surface area contributed by atoms with Gasteiger partial charge in [0.15, 0.2) is 12.4 Å². The molecule has 6 heteroatoms. The van der Waals surface area contributed by atoms with Crippen LogP contribution < -0.4 is 4.90 Å². The highest BCUT2D eigenvalue weighted by molar-refractivity contribution is 8.00. The summed E-state index contributed by atoms with van der Waals surface area (Å²) in [6.07, 6.45) is 0. The molecule has 0 aliphatic carbocycles. The van der Waals surface area contributed by atoms with Gasteiger partial charge in [0, 0.05) is 10.5 Å². The Morgan fingerprint density at radius 1 is 1.11 bits per heavy atom. The second-order valence-electron chi connectivity index (χ2n) is 6.60. The van der Waals surface area contributed by atoms with Gasteiger partial charge in [0.2, 0.25) is 5.91 Å². The molecule has 3 rings (SSSR count). The van der Waals surface area contributed by atoms with Crippen LogP contribution in [-0.2, 0) is 14.3 Å². The summed E-state index contributed by atoms with van der Waals surface area (Å²) in [5.41, 5.74) is 2.35. The third kappa shape index (κ3) is 4.57. The standard InChI is InChI=1S/C21H21NO4S/c1-14(2)15-7-9-16(10-8-15)18(23)12-26-21(25)11-22-17-5-3-4-6-19(17)27-13-20(22)24/h3-10,14H,11-13H2,1-2H3. The lowest BCUT2D eigenvalue weighted by molar-refractivity contribution is -0.141. The van der Waals surface area contributed by atoms with E-state index in [1.807, 2.05) is 30.3 Å². The summed E-state index contributed by atoms with van der Waals surface area (Å²) >= 11 is 1.45. The molecule has 0 radical (unpaired) electrons. The van der Waals surface area contributed by atoms with E-state index in [1.54, 1.807) is 18.2 Å². The Morgan fingerprint density at radius 3 is 2.52 bits per heavy atom. The number of ether oxygens (including phenoxy) is 1. The summed E-state index contributed by atoms with van der Waals surface area (Å²) in [7, 11) is 0. The Kier molecular flexibility index (Phi) is 5.96. The van der Waals surface area contributed by atoms with Crippen molar-refractivity contribution in [3.63, 3.8) is 0 Å². The van der Waals surface area contributed by atoms with Crippen molar-refractivity contribution < 1.29 is 19.1 Å². The highest BCUT2D eigenvalue weighted by Crippen LogP contribution is 2.34. The van der Waals surface area contributed by atoms with Crippen molar-refractivity contribution in [1.29, 1.82) is 0 Å². The van der Waals surface area contributed by atoms with Crippen LogP contribution in [0.4, 0.5) is 5.69 Å². The lowest BCUT2D eigenvalue weighted by Crippen LogP contribution is -2.40. The van der Waals surface area contributed by atoms with Crippen LogP contribution in [0.15, 0.2) is 53.4 Å². The number of benzene rings is 2. The number of carbonyl (C=O) groups excluding carboxylic acids is 3. The van der Waals surface area contributed by atoms with Crippen LogP contribution in [0.2, 0.25) is 0 Å². The third-order valence-corrected chi connectivity index (χ3v) is 5.41. The fourth-order valence-corrected chi connectivity index (χ4v) is 3.72. The fourth-order valence-electron chi connectivity index (χ4n) is 2.79. The van der Waals surface area contributed by atoms with Crippen LogP contribution in [0, 0.1) is 0 Å². The topological polar surface area (TPSA) is 63.7 Å². The number of para-hydroxylation sites is 1. The van der Waals surface area contributed by atoms with Crippen molar-refractivity contribution in [2.75, 3.05) is 23.8 Å². The van der Waals surface area contributed by atoms with Crippen molar-refractivity contribution in [3.05, 3.63) is 59.7 Å². The predicted molar refractivity (Wildman–Crippen MR) is 105 cm³/mol. The second kappa shape index (κ2) is 8.39. The molecule has 0 saturated heterocycles. The van der Waals surface area contributed by atoms with E-state index >= 15 is 0 Å². The molecule has 0 saturated carbocycles. The zero-order chi connectivity index (χ0) is 19.4. The molecule has 140 valence electrons. The van der Waals surface area contributed by atoms with Crippen LogP contribution in [0.25, 0.3) is 0 Å². The molecule has 5 nitrogen and oxygen atoms in total. The summed E-state index contributed by atoms with van der Waals surface area (Å²) in [6, 6.07) is 14.7. The molecular formula is C21H21NO4S. The van der Waals surface area contributed by atoms with Crippen LogP contribution >= 0.6 is 11.8 Å². The Balaban J connectivity index is 1.58. The van der Waals surface area contributed by atoms with Gasteiger partial charge in [-0.05, 0) is 23.6 Å². The van der Waals surface area contributed by atoms with Crippen LogP contribution in [0.5, 0.6) is 0 Å². The monoisotopic (exact) mass is 383 g/mol. The molecule has 0 unspecified atom stereocenters. The van der Waals surface area contributed by atoms with Gasteiger partial charge >= 0.3 is 5.97 Å². The molecule has 0 spiro atoms. The third-order valence-electron chi connectivity index (χ3n) is 4.36. The minimum Gasteiger partial charge on any atom is -0.456 e. The molecule has 1 amide bonds. The molecule has 0 aromatic heterocycles. The maximum Gasteiger partial charge on any atom is 0.326 e. The molecule has 1 aliphatic rings. The summed E-state index contributed by atoms with van der Waals surface area (Å²) in [4.78, 5) is 38.9. The molecule has 0 atom stereocenters. The van der Waals surface area contributed by atoms with Gasteiger partial charge < -0.3 is 4.74 Å². The minimum absolute atomic E-state index is 0.147. The fraction of sp³-hybridized carbons (Fsp3) is 0.286. The van der Waals surface area contributed by atoms with Crippen molar-refractivity contribution >= 4 is 35.1 Å². The quantitative estimate of drug-likeness (QED) is 0.562. The number of Topliss-reactive ketones (excluding diaryl/α,β-unsaturated/α-hetero) is 1. The zero-order valence-electron chi connectivity index (χ0n) is 15.3. The van der Waals surface area contributed by atoms with E-state index in [0.29, 0.717) is 17.2 Å². The number of fused-ring (bicyclic) bond motifs is 1. The normalized spacial score (nSPS) is 13.4. The van der Waals surface area contributed by atoms with Gasteiger partial charge in [-0.15, -0.1) is 11.8 Å². The number of rotatable bonds is 6. The molecule has 0 N–H and O–H groups in total. The van der Waals surface area contributed by atoms with Gasteiger partial charge in [0.1, 0.15) is 6.54 Å². The molecule has 1 heterocycles.